The highest BCUT2D eigenvalue weighted by atomic mass is 32.2. The molecule has 0 bridgehead atoms. The Kier molecular flexibility index (Phi) is 8.47. The molecule has 5 nitrogen and oxygen atoms in total. The molecule has 0 saturated carbocycles. The van der Waals surface area contributed by atoms with Crippen LogP contribution in [-0.4, -0.2) is 33.9 Å². The first-order chi connectivity index (χ1) is 17.3. The molecular weight excluding hydrogens is 470 g/mol. The number of aryl methyl sites for hydroxylation is 4. The van der Waals surface area contributed by atoms with Gasteiger partial charge in [0.2, 0.25) is 0 Å². The van der Waals surface area contributed by atoms with Gasteiger partial charge < -0.3 is 15.2 Å². The number of ether oxygens (including phenoxy) is 1. The number of hydrogen-bond donors (Lipinski definition) is 2. The number of aliphatic carboxylic acids is 1. The topological polar surface area (TPSA) is 75.6 Å². The van der Waals surface area contributed by atoms with Gasteiger partial charge in [-0.15, -0.1) is 0 Å². The maximum atomic E-state index is 11.3. The Balaban J connectivity index is 1.48. The van der Waals surface area contributed by atoms with Crippen LogP contribution in [0.4, 0.5) is 5.69 Å². The molecule has 2 unspecified atom stereocenters. The first-order valence-electron chi connectivity index (χ1n) is 12.5. The summed E-state index contributed by atoms with van der Waals surface area (Å²) in [6, 6.07) is 19.5. The van der Waals surface area contributed by atoms with Gasteiger partial charge in [-0.1, -0.05) is 30.3 Å². The fraction of sp³-hybridized carbons (Fsp3) is 0.367. The molecule has 0 amide bonds. The molecule has 0 aliphatic carbocycles. The number of hydrogen-bond acceptors (Lipinski definition) is 4. The molecule has 190 valence electrons. The molecule has 2 atom stereocenters. The number of benzene rings is 3. The number of fused-ring (bicyclic) bond motifs is 1. The third kappa shape index (κ3) is 6.55. The lowest BCUT2D eigenvalue weighted by atomic mass is 9.89. The second kappa shape index (κ2) is 11.7. The number of nitrogens with one attached hydrogen (secondary N) is 1. The van der Waals surface area contributed by atoms with E-state index in [1.807, 2.05) is 6.07 Å². The molecule has 0 saturated heterocycles. The van der Waals surface area contributed by atoms with Gasteiger partial charge in [0.05, 0.1) is 12.6 Å². The molecule has 0 fully saturated rings. The van der Waals surface area contributed by atoms with E-state index in [1.165, 1.54) is 33.4 Å². The van der Waals surface area contributed by atoms with Crippen LogP contribution < -0.4 is 10.1 Å². The Morgan fingerprint density at radius 2 is 1.89 bits per heavy atom. The lowest BCUT2D eigenvalue weighted by molar-refractivity contribution is -0.136. The van der Waals surface area contributed by atoms with Gasteiger partial charge in [-0.05, 0) is 103 Å². The highest BCUT2D eigenvalue weighted by molar-refractivity contribution is 7.84. The zero-order valence-electron chi connectivity index (χ0n) is 21.3. The predicted octanol–water partition coefficient (Wildman–Crippen LogP) is 6.23. The van der Waals surface area contributed by atoms with Crippen molar-refractivity contribution < 1.29 is 18.8 Å². The molecule has 3 aromatic rings. The summed E-state index contributed by atoms with van der Waals surface area (Å²) >= 11 is 0. The van der Waals surface area contributed by atoms with Crippen LogP contribution in [-0.2, 0) is 28.4 Å². The Bertz CT molecular complexity index is 1250. The van der Waals surface area contributed by atoms with Crippen LogP contribution in [0.25, 0.3) is 11.1 Å². The van der Waals surface area contributed by atoms with Gasteiger partial charge in [-0.3, -0.25) is 9.00 Å². The van der Waals surface area contributed by atoms with Gasteiger partial charge in [0.15, 0.2) is 0 Å². The highest BCUT2D eigenvalue weighted by Gasteiger charge is 2.20. The number of carboxylic acids is 1. The van der Waals surface area contributed by atoms with Crippen LogP contribution in [0.3, 0.4) is 0 Å². The van der Waals surface area contributed by atoms with Gasteiger partial charge in [-0.2, -0.15) is 0 Å². The quantitative estimate of drug-likeness (QED) is 0.319. The van der Waals surface area contributed by atoms with Gasteiger partial charge >= 0.3 is 5.97 Å². The Morgan fingerprint density at radius 1 is 1.11 bits per heavy atom. The Morgan fingerprint density at radius 3 is 2.61 bits per heavy atom. The summed E-state index contributed by atoms with van der Waals surface area (Å²) in [5.74, 6) is 0.762. The third-order valence-corrected chi connectivity index (χ3v) is 7.62. The molecular formula is C30H35NO4S. The van der Waals surface area contributed by atoms with E-state index in [0.717, 1.165) is 36.3 Å². The summed E-state index contributed by atoms with van der Waals surface area (Å²) < 4.78 is 17.2. The predicted molar refractivity (Wildman–Crippen MR) is 147 cm³/mol. The van der Waals surface area contributed by atoms with Crippen molar-refractivity contribution in [3.63, 3.8) is 0 Å². The third-order valence-electron chi connectivity index (χ3n) is 6.76. The van der Waals surface area contributed by atoms with Crippen molar-refractivity contribution in [3.8, 4) is 16.9 Å². The molecule has 1 heterocycles. The van der Waals surface area contributed by atoms with Crippen LogP contribution >= 0.6 is 0 Å². The van der Waals surface area contributed by atoms with E-state index in [0.29, 0.717) is 18.8 Å². The monoisotopic (exact) mass is 505 g/mol. The molecule has 2 N–H and O–H groups in total. The summed E-state index contributed by atoms with van der Waals surface area (Å²) in [5, 5.41) is 12.7. The molecule has 0 aromatic heterocycles. The second-order valence-electron chi connectivity index (χ2n) is 9.66. The smallest absolute Gasteiger partial charge is 0.303 e. The Labute approximate surface area is 216 Å². The van der Waals surface area contributed by atoms with Crippen LogP contribution in [0.5, 0.6) is 5.75 Å². The molecule has 1 aliphatic rings. The van der Waals surface area contributed by atoms with Crippen LogP contribution in [0.2, 0.25) is 0 Å². The van der Waals surface area contributed by atoms with E-state index in [2.05, 4.69) is 67.7 Å². The van der Waals surface area contributed by atoms with Gasteiger partial charge in [0, 0.05) is 34.9 Å². The molecule has 6 heteroatoms. The normalized spacial score (nSPS) is 15.6. The van der Waals surface area contributed by atoms with Crippen molar-refractivity contribution in [1.29, 1.82) is 0 Å². The summed E-state index contributed by atoms with van der Waals surface area (Å²) in [7, 11) is -0.786. The van der Waals surface area contributed by atoms with E-state index in [9.17, 15) is 9.00 Å². The number of rotatable bonds is 10. The maximum absolute atomic E-state index is 11.3. The minimum absolute atomic E-state index is 0.161. The van der Waals surface area contributed by atoms with Gasteiger partial charge in [-0.25, -0.2) is 0 Å². The SMILES string of the molecule is Cc1cc(OCCCS(C)=O)cc(C)c1-c1cccc(C2CCc3cc(CCC(=O)O)ccc3N2)c1. The van der Waals surface area contributed by atoms with Crippen LogP contribution in [0.1, 0.15) is 53.1 Å². The maximum Gasteiger partial charge on any atom is 0.303 e. The van der Waals surface area contributed by atoms with Gasteiger partial charge in [0.1, 0.15) is 5.75 Å². The zero-order chi connectivity index (χ0) is 25.7. The standard InChI is InChI=1S/C30H35NO4S/c1-20-16-26(35-14-5-15-36(3)34)17-21(2)30(20)25-7-4-6-23(19-25)28-12-10-24-18-22(9-13-29(32)33)8-11-27(24)31-28/h4,6-8,11,16-19,28,31H,5,9-10,12-15H2,1-3H3,(H,32,33). The summed E-state index contributed by atoms with van der Waals surface area (Å²) in [6.45, 7) is 4.82. The molecule has 36 heavy (non-hydrogen) atoms. The van der Waals surface area contributed by atoms with E-state index in [1.54, 1.807) is 6.26 Å². The van der Waals surface area contributed by atoms with E-state index < -0.39 is 16.8 Å². The van der Waals surface area contributed by atoms with Crippen molar-refractivity contribution in [2.45, 2.75) is 52.0 Å². The number of carbonyl (C=O) groups is 1. The fourth-order valence-corrected chi connectivity index (χ4v) is 5.56. The van der Waals surface area contributed by atoms with Crippen LogP contribution in [0, 0.1) is 13.8 Å². The number of anilines is 1. The molecule has 0 spiro atoms. The largest absolute Gasteiger partial charge is 0.494 e. The average Bonchev–Trinajstić information content (AvgIpc) is 2.84. The lowest BCUT2D eigenvalue weighted by Crippen LogP contribution is -2.18. The molecule has 4 rings (SSSR count). The minimum Gasteiger partial charge on any atom is -0.494 e. The van der Waals surface area contributed by atoms with E-state index in [4.69, 9.17) is 9.84 Å². The lowest BCUT2D eigenvalue weighted by Gasteiger charge is -2.28. The van der Waals surface area contributed by atoms with Crippen LogP contribution in [0.15, 0.2) is 54.6 Å². The fourth-order valence-electron chi connectivity index (χ4n) is 5.04. The molecule has 0 radical (unpaired) electrons. The summed E-state index contributed by atoms with van der Waals surface area (Å²) in [4.78, 5) is 10.9. The second-order valence-corrected chi connectivity index (χ2v) is 11.2. The summed E-state index contributed by atoms with van der Waals surface area (Å²) in [6.07, 6.45) is 5.19. The van der Waals surface area contributed by atoms with E-state index in [-0.39, 0.29) is 12.5 Å². The molecule has 3 aromatic carbocycles. The highest BCUT2D eigenvalue weighted by Crippen LogP contribution is 2.36. The van der Waals surface area contributed by atoms with Crippen molar-refractivity contribution in [1.82, 2.24) is 0 Å². The first-order valence-corrected chi connectivity index (χ1v) is 14.3. The van der Waals surface area contributed by atoms with Crippen molar-refractivity contribution in [3.05, 3.63) is 82.4 Å². The Hall–Kier alpha value is -3.12. The zero-order valence-corrected chi connectivity index (χ0v) is 22.1. The van der Waals surface area contributed by atoms with Crippen molar-refractivity contribution in [2.24, 2.45) is 0 Å². The summed E-state index contributed by atoms with van der Waals surface area (Å²) in [5.41, 5.74) is 9.53. The van der Waals surface area contributed by atoms with Gasteiger partial charge in [0.25, 0.3) is 0 Å². The van der Waals surface area contributed by atoms with E-state index >= 15 is 0 Å². The minimum atomic E-state index is -0.786. The van der Waals surface area contributed by atoms with Crippen molar-refractivity contribution in [2.75, 3.05) is 23.9 Å². The molecule has 1 aliphatic heterocycles. The first kappa shape index (κ1) is 26.0. The van der Waals surface area contributed by atoms with Crippen molar-refractivity contribution >= 4 is 22.5 Å². The average molecular weight is 506 g/mol. The number of carboxylic acid groups (broad SMARTS) is 1.